The molecule has 1 aliphatic heterocycles. The van der Waals surface area contributed by atoms with Crippen LogP contribution in [-0.4, -0.2) is 65.3 Å². The number of hydrogen-bond donors (Lipinski definition) is 0. The zero-order valence-electron chi connectivity index (χ0n) is 16.4. The molecular weight excluding hydrogens is 412 g/mol. The van der Waals surface area contributed by atoms with Gasteiger partial charge < -0.3 is 14.5 Å². The summed E-state index contributed by atoms with van der Waals surface area (Å²) in [7, 11) is 0. The number of amides is 1. The quantitative estimate of drug-likeness (QED) is 0.393. The van der Waals surface area contributed by atoms with E-state index in [9.17, 15) is 9.59 Å². The highest BCUT2D eigenvalue weighted by molar-refractivity contribution is 7.99. The molecule has 9 heteroatoms. The zero-order chi connectivity index (χ0) is 20.8. The number of esters is 1. The largest absolute Gasteiger partial charge is 0.455 e. The average molecular weight is 435 g/mol. The Balaban J connectivity index is 1.40. The number of hydrogen-bond acceptors (Lipinski definition) is 7. The van der Waals surface area contributed by atoms with Crippen molar-refractivity contribution in [2.45, 2.75) is 19.0 Å². The van der Waals surface area contributed by atoms with E-state index in [1.54, 1.807) is 4.90 Å². The minimum atomic E-state index is -0.455. The van der Waals surface area contributed by atoms with Crippen molar-refractivity contribution in [2.24, 2.45) is 0 Å². The molecule has 1 aromatic heterocycles. The molecule has 7 nitrogen and oxygen atoms in total. The summed E-state index contributed by atoms with van der Waals surface area (Å²) in [5.74, 6) is -0.570. The standard InChI is InChI=1S/C20H23ClN4O3S/c1-14-10-15(2)23-20(22-14)29-13-19(27)28-12-18(26)25-8-6-24(7-9-25)17-5-3-4-16(21)11-17/h3-5,10-11H,6-9,12-13H2,1-2H3. The van der Waals surface area contributed by atoms with Gasteiger partial charge in [-0.15, -0.1) is 0 Å². The molecule has 0 unspecified atom stereocenters. The van der Waals surface area contributed by atoms with Gasteiger partial charge in [-0.2, -0.15) is 0 Å². The number of carbonyl (C=O) groups is 2. The number of thioether (sulfide) groups is 1. The molecular formula is C20H23ClN4O3S. The number of nitrogens with zero attached hydrogens (tertiary/aromatic N) is 4. The van der Waals surface area contributed by atoms with Gasteiger partial charge in [0.25, 0.3) is 5.91 Å². The highest BCUT2D eigenvalue weighted by Crippen LogP contribution is 2.21. The average Bonchev–Trinajstić information content (AvgIpc) is 2.70. The van der Waals surface area contributed by atoms with E-state index in [1.165, 1.54) is 11.8 Å². The van der Waals surface area contributed by atoms with Crippen LogP contribution >= 0.6 is 23.4 Å². The lowest BCUT2D eigenvalue weighted by Crippen LogP contribution is -2.50. The zero-order valence-corrected chi connectivity index (χ0v) is 18.0. The normalized spacial score (nSPS) is 14.0. The van der Waals surface area contributed by atoms with E-state index in [1.807, 2.05) is 44.2 Å². The summed E-state index contributed by atoms with van der Waals surface area (Å²) in [6, 6.07) is 9.53. The fourth-order valence-electron chi connectivity index (χ4n) is 3.04. The van der Waals surface area contributed by atoms with E-state index >= 15 is 0 Å². The molecule has 0 bridgehead atoms. The second-order valence-corrected chi connectivity index (χ2v) is 8.11. The second-order valence-electron chi connectivity index (χ2n) is 6.73. The van der Waals surface area contributed by atoms with Gasteiger partial charge in [0, 0.05) is 48.3 Å². The number of carbonyl (C=O) groups excluding carboxylic acids is 2. The number of benzene rings is 1. The third kappa shape index (κ3) is 6.33. The van der Waals surface area contributed by atoms with E-state index in [2.05, 4.69) is 14.9 Å². The summed E-state index contributed by atoms with van der Waals surface area (Å²) in [6.07, 6.45) is 0. The highest BCUT2D eigenvalue weighted by Gasteiger charge is 2.22. The molecule has 0 atom stereocenters. The fourth-order valence-corrected chi connectivity index (χ4v) is 3.98. The van der Waals surface area contributed by atoms with Crippen LogP contribution in [0.25, 0.3) is 0 Å². The molecule has 1 saturated heterocycles. The highest BCUT2D eigenvalue weighted by atomic mass is 35.5. The van der Waals surface area contributed by atoms with Crippen molar-refractivity contribution in [2.75, 3.05) is 43.4 Å². The molecule has 2 heterocycles. The summed E-state index contributed by atoms with van der Waals surface area (Å²) in [5, 5.41) is 1.22. The van der Waals surface area contributed by atoms with Crippen LogP contribution in [-0.2, 0) is 14.3 Å². The van der Waals surface area contributed by atoms with Crippen LogP contribution in [0.3, 0.4) is 0 Å². The van der Waals surface area contributed by atoms with Crippen LogP contribution < -0.4 is 4.90 Å². The maximum Gasteiger partial charge on any atom is 0.316 e. The van der Waals surface area contributed by atoms with E-state index in [4.69, 9.17) is 16.3 Å². The molecule has 1 amide bonds. The molecule has 1 aromatic carbocycles. The van der Waals surface area contributed by atoms with Crippen molar-refractivity contribution in [3.05, 3.63) is 46.7 Å². The Kier molecular flexibility index (Phi) is 7.33. The predicted octanol–water partition coefficient (Wildman–Crippen LogP) is 2.73. The molecule has 1 aliphatic rings. The Bertz CT molecular complexity index is 868. The topological polar surface area (TPSA) is 75.6 Å². The molecule has 0 saturated carbocycles. The van der Waals surface area contributed by atoms with Crippen LogP contribution in [0.1, 0.15) is 11.4 Å². The fraction of sp³-hybridized carbons (Fsp3) is 0.400. The van der Waals surface area contributed by atoms with Crippen molar-refractivity contribution in [3.8, 4) is 0 Å². The Morgan fingerprint density at radius 1 is 1.10 bits per heavy atom. The molecule has 2 aromatic rings. The molecule has 154 valence electrons. The van der Waals surface area contributed by atoms with Crippen LogP contribution in [0.5, 0.6) is 0 Å². The van der Waals surface area contributed by atoms with Crippen LogP contribution in [0.4, 0.5) is 5.69 Å². The molecule has 1 fully saturated rings. The number of piperazine rings is 1. The maximum absolute atomic E-state index is 12.3. The van der Waals surface area contributed by atoms with Gasteiger partial charge in [0.1, 0.15) is 0 Å². The Hall–Kier alpha value is -2.32. The number of halogens is 1. The first-order valence-corrected chi connectivity index (χ1v) is 10.7. The van der Waals surface area contributed by atoms with Gasteiger partial charge in [-0.1, -0.05) is 29.4 Å². The van der Waals surface area contributed by atoms with E-state index < -0.39 is 5.97 Å². The molecule has 0 spiro atoms. The Morgan fingerprint density at radius 3 is 2.45 bits per heavy atom. The van der Waals surface area contributed by atoms with Crippen LogP contribution in [0, 0.1) is 13.8 Å². The first kappa shape index (κ1) is 21.4. The van der Waals surface area contributed by atoms with Gasteiger partial charge in [0.15, 0.2) is 11.8 Å². The lowest BCUT2D eigenvalue weighted by molar-refractivity contribution is -0.150. The minimum absolute atomic E-state index is 0.0682. The molecule has 3 rings (SSSR count). The number of ether oxygens (including phenoxy) is 1. The number of aromatic nitrogens is 2. The number of aryl methyl sites for hydroxylation is 2. The maximum atomic E-state index is 12.3. The lowest BCUT2D eigenvalue weighted by atomic mass is 10.2. The summed E-state index contributed by atoms with van der Waals surface area (Å²) in [6.45, 7) is 6.08. The first-order chi connectivity index (χ1) is 13.9. The second kappa shape index (κ2) is 9.93. The smallest absolute Gasteiger partial charge is 0.316 e. The summed E-state index contributed by atoms with van der Waals surface area (Å²) in [4.78, 5) is 36.7. The SMILES string of the molecule is Cc1cc(C)nc(SCC(=O)OCC(=O)N2CCN(c3cccc(Cl)c3)CC2)n1. The van der Waals surface area contributed by atoms with Crippen LogP contribution in [0.2, 0.25) is 5.02 Å². The van der Waals surface area contributed by atoms with Crippen molar-refractivity contribution >= 4 is 40.9 Å². The predicted molar refractivity (Wildman–Crippen MR) is 113 cm³/mol. The minimum Gasteiger partial charge on any atom is -0.455 e. The van der Waals surface area contributed by atoms with Crippen molar-refractivity contribution in [3.63, 3.8) is 0 Å². The molecule has 0 radical (unpaired) electrons. The van der Waals surface area contributed by atoms with Gasteiger partial charge in [0.2, 0.25) is 0 Å². The van der Waals surface area contributed by atoms with Crippen molar-refractivity contribution < 1.29 is 14.3 Å². The van der Waals surface area contributed by atoms with E-state index in [0.29, 0.717) is 36.4 Å². The molecule has 29 heavy (non-hydrogen) atoms. The Morgan fingerprint density at radius 2 is 1.79 bits per heavy atom. The molecule has 0 N–H and O–H groups in total. The third-order valence-corrected chi connectivity index (χ3v) is 5.50. The van der Waals surface area contributed by atoms with Gasteiger partial charge in [-0.3, -0.25) is 9.59 Å². The van der Waals surface area contributed by atoms with E-state index in [-0.39, 0.29) is 18.3 Å². The summed E-state index contributed by atoms with van der Waals surface area (Å²) >= 11 is 7.25. The molecule has 0 aliphatic carbocycles. The van der Waals surface area contributed by atoms with Gasteiger partial charge in [0.05, 0.1) is 5.75 Å². The van der Waals surface area contributed by atoms with Gasteiger partial charge in [-0.05, 0) is 38.1 Å². The van der Waals surface area contributed by atoms with E-state index in [0.717, 1.165) is 17.1 Å². The monoisotopic (exact) mass is 434 g/mol. The summed E-state index contributed by atoms with van der Waals surface area (Å²) < 4.78 is 5.13. The van der Waals surface area contributed by atoms with Crippen LogP contribution in [0.15, 0.2) is 35.5 Å². The van der Waals surface area contributed by atoms with Crippen molar-refractivity contribution in [1.82, 2.24) is 14.9 Å². The first-order valence-electron chi connectivity index (χ1n) is 9.30. The number of anilines is 1. The number of rotatable bonds is 6. The Labute approximate surface area is 179 Å². The van der Waals surface area contributed by atoms with Crippen molar-refractivity contribution in [1.29, 1.82) is 0 Å². The summed E-state index contributed by atoms with van der Waals surface area (Å²) in [5.41, 5.74) is 2.74. The third-order valence-electron chi connectivity index (χ3n) is 4.44. The van der Waals surface area contributed by atoms with Gasteiger partial charge >= 0.3 is 5.97 Å². The van der Waals surface area contributed by atoms with Gasteiger partial charge in [-0.25, -0.2) is 9.97 Å². The lowest BCUT2D eigenvalue weighted by Gasteiger charge is -2.36.